The van der Waals surface area contributed by atoms with Crippen molar-refractivity contribution in [2.45, 2.75) is 58.9 Å². The standard InChI is InChI=1S/C13H25N2.NO3/c1-4-5-6-7-8-9-10-15-12-11-14(3)13(15)2;2-1(3)4/h11-12H,4-10H2,1-3H3;/q+1;-1. The lowest BCUT2D eigenvalue weighted by Crippen LogP contribution is -2.29. The fourth-order valence-corrected chi connectivity index (χ4v) is 1.90. The monoisotopic (exact) mass is 271 g/mol. The summed E-state index contributed by atoms with van der Waals surface area (Å²) >= 11 is 0. The Hall–Kier alpha value is -1.59. The van der Waals surface area contributed by atoms with Gasteiger partial charge in [-0.05, 0) is 12.8 Å². The van der Waals surface area contributed by atoms with Crippen molar-refractivity contribution in [1.29, 1.82) is 0 Å². The van der Waals surface area contributed by atoms with Crippen LogP contribution in [0.5, 0.6) is 0 Å². The van der Waals surface area contributed by atoms with E-state index in [9.17, 15) is 0 Å². The number of aromatic nitrogens is 2. The minimum absolute atomic E-state index is 1.18. The molecule has 0 aliphatic rings. The van der Waals surface area contributed by atoms with Gasteiger partial charge in [0.2, 0.25) is 0 Å². The topological polar surface area (TPSA) is 75.0 Å². The van der Waals surface area contributed by atoms with Crippen LogP contribution in [0.15, 0.2) is 12.4 Å². The van der Waals surface area contributed by atoms with Crippen molar-refractivity contribution in [2.24, 2.45) is 7.05 Å². The van der Waals surface area contributed by atoms with Gasteiger partial charge >= 0.3 is 0 Å². The quantitative estimate of drug-likeness (QED) is 0.331. The number of imidazole rings is 1. The number of hydrogen-bond donors (Lipinski definition) is 0. The average Bonchev–Trinajstić information content (AvgIpc) is 2.64. The Balaban J connectivity index is 0.000000711. The Bertz CT molecular complexity index is 360. The van der Waals surface area contributed by atoms with Gasteiger partial charge in [-0.1, -0.05) is 32.6 Å². The number of nitrogens with zero attached hydrogens (tertiary/aromatic N) is 3. The van der Waals surface area contributed by atoms with Gasteiger partial charge in [-0.15, -0.1) is 0 Å². The van der Waals surface area contributed by atoms with Gasteiger partial charge in [0.05, 0.1) is 18.7 Å². The third kappa shape index (κ3) is 9.04. The van der Waals surface area contributed by atoms with Crippen LogP contribution in [0, 0.1) is 22.2 Å². The summed E-state index contributed by atoms with van der Waals surface area (Å²) in [7, 11) is 2.10. The van der Waals surface area contributed by atoms with Crippen LogP contribution in [0.25, 0.3) is 0 Å². The van der Waals surface area contributed by atoms with E-state index in [2.05, 4.69) is 42.4 Å². The molecule has 1 aromatic heterocycles. The van der Waals surface area contributed by atoms with E-state index in [1.54, 1.807) is 0 Å². The molecule has 0 aromatic carbocycles. The average molecular weight is 271 g/mol. The summed E-state index contributed by atoms with van der Waals surface area (Å²) < 4.78 is 4.52. The second kappa shape index (κ2) is 10.3. The molecular weight excluding hydrogens is 246 g/mol. The van der Waals surface area contributed by atoms with E-state index >= 15 is 0 Å². The predicted molar refractivity (Wildman–Crippen MR) is 74.1 cm³/mol. The van der Waals surface area contributed by atoms with Crippen LogP contribution in [0.2, 0.25) is 0 Å². The first-order valence-electron chi connectivity index (χ1n) is 6.82. The molecule has 0 aliphatic carbocycles. The number of hydrogen-bond acceptors (Lipinski definition) is 3. The minimum atomic E-state index is -1.75. The number of unbranched alkanes of at least 4 members (excludes halogenated alkanes) is 5. The molecule has 6 heteroatoms. The van der Waals surface area contributed by atoms with Crippen LogP contribution in [-0.4, -0.2) is 9.65 Å². The maximum Gasteiger partial charge on any atom is 0.253 e. The molecule has 0 radical (unpaired) electrons. The van der Waals surface area contributed by atoms with Crippen molar-refractivity contribution in [1.82, 2.24) is 4.57 Å². The molecule has 0 fully saturated rings. The summed E-state index contributed by atoms with van der Waals surface area (Å²) in [5.41, 5.74) is 0. The van der Waals surface area contributed by atoms with Crippen LogP contribution in [0.4, 0.5) is 0 Å². The lowest BCUT2D eigenvalue weighted by Gasteiger charge is -2.00. The maximum absolute atomic E-state index is 8.25. The van der Waals surface area contributed by atoms with Gasteiger partial charge in [-0.25, -0.2) is 9.13 Å². The van der Waals surface area contributed by atoms with Crippen LogP contribution in [0.1, 0.15) is 51.3 Å². The summed E-state index contributed by atoms with van der Waals surface area (Å²) in [6, 6.07) is 0. The highest BCUT2D eigenvalue weighted by Crippen LogP contribution is 2.06. The SMILES string of the molecule is CCCCCCCCn1cc[n+](C)c1C.O=[N+]([O-])[O-]. The van der Waals surface area contributed by atoms with E-state index in [0.717, 1.165) is 0 Å². The van der Waals surface area contributed by atoms with Crippen molar-refractivity contribution < 1.29 is 9.65 Å². The molecule has 0 unspecified atom stereocenters. The second-order valence-electron chi connectivity index (χ2n) is 4.64. The zero-order valence-electron chi connectivity index (χ0n) is 12.2. The highest BCUT2D eigenvalue weighted by atomic mass is 16.9. The Morgan fingerprint density at radius 3 is 2.21 bits per heavy atom. The van der Waals surface area contributed by atoms with E-state index < -0.39 is 5.09 Å². The molecule has 110 valence electrons. The van der Waals surface area contributed by atoms with Gasteiger partial charge in [0.25, 0.3) is 5.82 Å². The van der Waals surface area contributed by atoms with E-state index in [0.29, 0.717) is 0 Å². The van der Waals surface area contributed by atoms with E-state index in [1.165, 1.54) is 50.9 Å². The molecule has 0 aliphatic heterocycles. The van der Waals surface area contributed by atoms with Crippen LogP contribution in [-0.2, 0) is 13.6 Å². The molecule has 0 saturated heterocycles. The lowest BCUT2D eigenvalue weighted by atomic mass is 10.1. The van der Waals surface area contributed by atoms with Crippen molar-refractivity contribution in [3.63, 3.8) is 0 Å². The molecule has 19 heavy (non-hydrogen) atoms. The molecule has 1 aromatic rings. The van der Waals surface area contributed by atoms with Crippen molar-refractivity contribution in [3.8, 4) is 0 Å². The molecule has 0 amide bonds. The molecule has 1 rings (SSSR count). The Kier molecular flexibility index (Phi) is 9.48. The van der Waals surface area contributed by atoms with Gasteiger partial charge in [-0.2, -0.15) is 0 Å². The van der Waals surface area contributed by atoms with Crippen LogP contribution in [0.3, 0.4) is 0 Å². The normalized spacial score (nSPS) is 9.84. The summed E-state index contributed by atoms with van der Waals surface area (Å²) in [4.78, 5) is 8.25. The predicted octanol–water partition coefficient (Wildman–Crippen LogP) is 2.74. The van der Waals surface area contributed by atoms with Crippen LogP contribution < -0.4 is 4.57 Å². The first-order chi connectivity index (χ1) is 8.99. The van der Waals surface area contributed by atoms with E-state index in [1.807, 2.05) is 0 Å². The van der Waals surface area contributed by atoms with Gasteiger partial charge in [-0.3, -0.25) is 0 Å². The molecule has 6 nitrogen and oxygen atoms in total. The van der Waals surface area contributed by atoms with Gasteiger partial charge in [0, 0.05) is 6.92 Å². The highest BCUT2D eigenvalue weighted by molar-refractivity contribution is 4.78. The van der Waals surface area contributed by atoms with E-state index in [-0.39, 0.29) is 0 Å². The van der Waals surface area contributed by atoms with Gasteiger partial charge in [0.15, 0.2) is 0 Å². The van der Waals surface area contributed by atoms with Crippen molar-refractivity contribution in [2.75, 3.05) is 0 Å². The summed E-state index contributed by atoms with van der Waals surface area (Å²) in [6.45, 7) is 5.62. The third-order valence-electron chi connectivity index (χ3n) is 3.15. The van der Waals surface area contributed by atoms with E-state index in [4.69, 9.17) is 15.3 Å². The Morgan fingerprint density at radius 2 is 1.74 bits per heavy atom. The first kappa shape index (κ1) is 17.4. The zero-order valence-corrected chi connectivity index (χ0v) is 12.2. The fourth-order valence-electron chi connectivity index (χ4n) is 1.90. The van der Waals surface area contributed by atoms with Crippen molar-refractivity contribution in [3.05, 3.63) is 33.5 Å². The zero-order chi connectivity index (χ0) is 14.7. The van der Waals surface area contributed by atoms with Crippen LogP contribution >= 0.6 is 0 Å². The number of aryl methyl sites for hydroxylation is 2. The van der Waals surface area contributed by atoms with Gasteiger partial charge in [0.1, 0.15) is 12.4 Å². The molecular formula is C13H25N3O3. The number of rotatable bonds is 7. The lowest BCUT2D eigenvalue weighted by molar-refractivity contribution is -0.677. The summed E-state index contributed by atoms with van der Waals surface area (Å²) in [5, 5.41) is 14.8. The second-order valence-corrected chi connectivity index (χ2v) is 4.64. The molecule has 0 atom stereocenters. The first-order valence-corrected chi connectivity index (χ1v) is 6.82. The Morgan fingerprint density at radius 1 is 1.21 bits per heavy atom. The molecule has 0 N–H and O–H groups in total. The molecule has 1 heterocycles. The van der Waals surface area contributed by atoms with Gasteiger partial charge < -0.3 is 15.3 Å². The fraction of sp³-hybridized carbons (Fsp3) is 0.769. The minimum Gasteiger partial charge on any atom is -0.356 e. The molecule has 0 saturated carbocycles. The Labute approximate surface area is 114 Å². The summed E-state index contributed by atoms with van der Waals surface area (Å²) in [6.07, 6.45) is 12.6. The highest BCUT2D eigenvalue weighted by Gasteiger charge is 2.07. The molecule has 0 bridgehead atoms. The summed E-state index contributed by atoms with van der Waals surface area (Å²) in [5.74, 6) is 1.35. The molecule has 0 spiro atoms. The third-order valence-corrected chi connectivity index (χ3v) is 3.15. The van der Waals surface area contributed by atoms with Crippen molar-refractivity contribution >= 4 is 0 Å². The largest absolute Gasteiger partial charge is 0.356 e. The maximum atomic E-state index is 8.25. The smallest absolute Gasteiger partial charge is 0.253 e.